The third-order valence-electron chi connectivity index (χ3n) is 3.76. The van der Waals surface area contributed by atoms with Crippen LogP contribution in [0.2, 0.25) is 0 Å². The summed E-state index contributed by atoms with van der Waals surface area (Å²) >= 11 is 0. The van der Waals surface area contributed by atoms with Crippen molar-refractivity contribution < 1.29 is 9.52 Å². The molecule has 1 saturated carbocycles. The Morgan fingerprint density at radius 1 is 1.41 bits per heavy atom. The summed E-state index contributed by atoms with van der Waals surface area (Å²) in [5.41, 5.74) is 1.20. The summed E-state index contributed by atoms with van der Waals surface area (Å²) in [5, 5.41) is 13.3. The van der Waals surface area contributed by atoms with Gasteiger partial charge in [-0.15, -0.1) is 0 Å². The highest BCUT2D eigenvalue weighted by Gasteiger charge is 2.22. The van der Waals surface area contributed by atoms with Gasteiger partial charge < -0.3 is 14.8 Å². The van der Waals surface area contributed by atoms with Crippen LogP contribution < -0.4 is 5.32 Å². The third kappa shape index (κ3) is 3.33. The molecule has 17 heavy (non-hydrogen) atoms. The number of furan rings is 1. The molecule has 0 aliphatic heterocycles. The minimum Gasteiger partial charge on any atom is -0.466 e. The molecule has 0 aromatic carbocycles. The largest absolute Gasteiger partial charge is 0.466 e. The number of rotatable bonds is 5. The van der Waals surface area contributed by atoms with Crippen LogP contribution in [0, 0.1) is 19.8 Å². The van der Waals surface area contributed by atoms with Crippen LogP contribution in [0.1, 0.15) is 42.8 Å². The zero-order chi connectivity index (χ0) is 12.3. The second-order valence-corrected chi connectivity index (χ2v) is 5.18. The quantitative estimate of drug-likeness (QED) is 0.827. The molecule has 3 nitrogen and oxygen atoms in total. The van der Waals surface area contributed by atoms with Crippen molar-refractivity contribution in [1.82, 2.24) is 5.32 Å². The van der Waals surface area contributed by atoms with Gasteiger partial charge in [0.2, 0.25) is 0 Å². The lowest BCUT2D eigenvalue weighted by atomic mass is 10.0. The number of aryl methyl sites for hydroxylation is 2. The molecular formula is C14H23NO2. The predicted molar refractivity (Wildman–Crippen MR) is 67.9 cm³/mol. The topological polar surface area (TPSA) is 45.4 Å². The molecule has 1 heterocycles. The summed E-state index contributed by atoms with van der Waals surface area (Å²) in [6, 6.07) is 2.06. The number of aliphatic hydroxyl groups is 1. The lowest BCUT2D eigenvalue weighted by Gasteiger charge is -2.17. The lowest BCUT2D eigenvalue weighted by molar-refractivity contribution is 0.109. The molecule has 0 spiro atoms. The van der Waals surface area contributed by atoms with Gasteiger partial charge >= 0.3 is 0 Å². The summed E-state index contributed by atoms with van der Waals surface area (Å²) in [4.78, 5) is 0. The highest BCUT2D eigenvalue weighted by Crippen LogP contribution is 2.27. The molecular weight excluding hydrogens is 214 g/mol. The fourth-order valence-electron chi connectivity index (χ4n) is 2.72. The minimum absolute atomic E-state index is 0.189. The van der Waals surface area contributed by atoms with E-state index in [-0.39, 0.29) is 6.10 Å². The van der Waals surface area contributed by atoms with Crippen molar-refractivity contribution in [3.63, 3.8) is 0 Å². The van der Waals surface area contributed by atoms with Crippen LogP contribution in [0.5, 0.6) is 0 Å². The second-order valence-electron chi connectivity index (χ2n) is 5.18. The molecule has 1 aromatic heterocycles. The lowest BCUT2D eigenvalue weighted by Crippen LogP contribution is -2.31. The fraction of sp³-hybridized carbons (Fsp3) is 0.714. The number of aliphatic hydroxyl groups excluding tert-OH is 1. The van der Waals surface area contributed by atoms with E-state index >= 15 is 0 Å². The Kier molecular flexibility index (Phi) is 4.24. The van der Waals surface area contributed by atoms with E-state index in [9.17, 15) is 5.11 Å². The average molecular weight is 237 g/mol. The first kappa shape index (κ1) is 12.7. The van der Waals surface area contributed by atoms with Gasteiger partial charge in [0.05, 0.1) is 6.10 Å². The van der Waals surface area contributed by atoms with Crippen molar-refractivity contribution in [1.29, 1.82) is 0 Å². The molecule has 1 aliphatic carbocycles. The van der Waals surface area contributed by atoms with Gasteiger partial charge in [0.1, 0.15) is 11.5 Å². The van der Waals surface area contributed by atoms with Crippen LogP contribution in [-0.2, 0) is 6.54 Å². The summed E-state index contributed by atoms with van der Waals surface area (Å²) in [6.07, 6.45) is 4.74. The number of hydrogen-bond acceptors (Lipinski definition) is 3. The third-order valence-corrected chi connectivity index (χ3v) is 3.76. The molecule has 1 fully saturated rings. The van der Waals surface area contributed by atoms with E-state index in [1.54, 1.807) is 0 Å². The molecule has 3 heteroatoms. The van der Waals surface area contributed by atoms with E-state index in [4.69, 9.17) is 4.42 Å². The van der Waals surface area contributed by atoms with Crippen molar-refractivity contribution in [3.8, 4) is 0 Å². The Balaban J connectivity index is 1.73. The van der Waals surface area contributed by atoms with Crippen LogP contribution in [0.15, 0.2) is 10.5 Å². The molecule has 2 N–H and O–H groups in total. The SMILES string of the molecule is Cc1cc(CNCC(O)C2CCCC2)c(C)o1. The van der Waals surface area contributed by atoms with Crippen molar-refractivity contribution in [3.05, 3.63) is 23.2 Å². The van der Waals surface area contributed by atoms with E-state index in [0.29, 0.717) is 12.5 Å². The summed E-state index contributed by atoms with van der Waals surface area (Å²) in [6.45, 7) is 5.42. The maximum atomic E-state index is 10.0. The molecule has 1 aliphatic rings. The summed E-state index contributed by atoms with van der Waals surface area (Å²) < 4.78 is 5.47. The van der Waals surface area contributed by atoms with Gasteiger partial charge in [-0.25, -0.2) is 0 Å². The Hall–Kier alpha value is -0.800. The zero-order valence-electron chi connectivity index (χ0n) is 10.8. The van der Waals surface area contributed by atoms with Crippen LogP contribution in [0.25, 0.3) is 0 Å². The standard InChI is InChI=1S/C14H23NO2/c1-10-7-13(11(2)17-10)8-15-9-14(16)12-5-3-4-6-12/h7,12,14-16H,3-6,8-9H2,1-2H3. The van der Waals surface area contributed by atoms with Crippen LogP contribution in [0.4, 0.5) is 0 Å². The fourth-order valence-corrected chi connectivity index (χ4v) is 2.72. The zero-order valence-corrected chi connectivity index (χ0v) is 10.8. The Labute approximate surface area is 103 Å². The van der Waals surface area contributed by atoms with Gasteiger partial charge in [-0.05, 0) is 38.7 Å². The molecule has 0 amide bonds. The predicted octanol–water partition coefficient (Wildman–Crippen LogP) is 2.54. The van der Waals surface area contributed by atoms with Crippen LogP contribution in [-0.4, -0.2) is 17.8 Å². The van der Waals surface area contributed by atoms with Gasteiger partial charge in [-0.1, -0.05) is 12.8 Å². The summed E-state index contributed by atoms with van der Waals surface area (Å²) in [7, 11) is 0. The smallest absolute Gasteiger partial charge is 0.105 e. The van der Waals surface area contributed by atoms with Gasteiger partial charge in [-0.2, -0.15) is 0 Å². The Morgan fingerprint density at radius 2 is 2.12 bits per heavy atom. The molecule has 1 aromatic rings. The van der Waals surface area contributed by atoms with E-state index in [2.05, 4.69) is 11.4 Å². The van der Waals surface area contributed by atoms with E-state index in [1.165, 1.54) is 31.2 Å². The Bertz CT molecular complexity index is 353. The molecule has 1 atom stereocenters. The molecule has 2 rings (SSSR count). The number of hydrogen-bond donors (Lipinski definition) is 2. The van der Waals surface area contributed by atoms with Gasteiger partial charge in [0, 0.05) is 18.7 Å². The average Bonchev–Trinajstić information content (AvgIpc) is 2.89. The van der Waals surface area contributed by atoms with Gasteiger partial charge in [0.15, 0.2) is 0 Å². The van der Waals surface area contributed by atoms with Gasteiger partial charge in [0.25, 0.3) is 0 Å². The Morgan fingerprint density at radius 3 is 2.71 bits per heavy atom. The van der Waals surface area contributed by atoms with Crippen LogP contribution >= 0.6 is 0 Å². The summed E-state index contributed by atoms with van der Waals surface area (Å²) in [5.74, 6) is 2.44. The van der Waals surface area contributed by atoms with Crippen molar-refractivity contribution in [2.24, 2.45) is 5.92 Å². The highest BCUT2D eigenvalue weighted by molar-refractivity contribution is 5.19. The minimum atomic E-state index is -0.189. The van der Waals surface area contributed by atoms with Crippen LogP contribution in [0.3, 0.4) is 0 Å². The van der Waals surface area contributed by atoms with Crippen molar-refractivity contribution >= 4 is 0 Å². The monoisotopic (exact) mass is 237 g/mol. The maximum Gasteiger partial charge on any atom is 0.105 e. The van der Waals surface area contributed by atoms with E-state index < -0.39 is 0 Å². The van der Waals surface area contributed by atoms with E-state index in [0.717, 1.165) is 18.1 Å². The molecule has 1 unspecified atom stereocenters. The first-order valence-electron chi connectivity index (χ1n) is 6.61. The maximum absolute atomic E-state index is 10.0. The first-order chi connectivity index (χ1) is 8.16. The first-order valence-corrected chi connectivity index (χ1v) is 6.61. The van der Waals surface area contributed by atoms with Crippen molar-refractivity contribution in [2.45, 2.75) is 52.2 Å². The van der Waals surface area contributed by atoms with Crippen molar-refractivity contribution in [2.75, 3.05) is 6.54 Å². The van der Waals surface area contributed by atoms with E-state index in [1.807, 2.05) is 13.8 Å². The highest BCUT2D eigenvalue weighted by atomic mass is 16.3. The molecule has 96 valence electrons. The molecule has 0 saturated heterocycles. The van der Waals surface area contributed by atoms with Gasteiger partial charge in [-0.3, -0.25) is 0 Å². The number of nitrogens with one attached hydrogen (secondary N) is 1. The molecule has 0 radical (unpaired) electrons. The normalized spacial score (nSPS) is 18.8. The molecule has 0 bridgehead atoms. The second kappa shape index (κ2) is 5.69.